The van der Waals surface area contributed by atoms with Gasteiger partial charge in [0.05, 0.1) is 5.69 Å². The van der Waals surface area contributed by atoms with Gasteiger partial charge in [0.25, 0.3) is 0 Å². The predicted molar refractivity (Wildman–Crippen MR) is 114 cm³/mol. The fourth-order valence-corrected chi connectivity index (χ4v) is 3.09. The van der Waals surface area contributed by atoms with Crippen molar-refractivity contribution in [3.8, 4) is 11.3 Å². The van der Waals surface area contributed by atoms with E-state index in [-0.39, 0.29) is 10.8 Å². The lowest BCUT2D eigenvalue weighted by molar-refractivity contribution is -0.115. The molecular weight excluding hydrogens is 441 g/mol. The van der Waals surface area contributed by atoms with Crippen LogP contribution >= 0.6 is 35.4 Å². The van der Waals surface area contributed by atoms with E-state index in [1.54, 1.807) is 30.3 Å². The molecule has 0 aliphatic rings. The molecule has 0 radical (unpaired) electrons. The van der Waals surface area contributed by atoms with Gasteiger partial charge in [0.2, 0.25) is 5.91 Å². The molecule has 2 aromatic carbocycles. The summed E-state index contributed by atoms with van der Waals surface area (Å²) in [5.74, 6) is -1.17. The molecule has 9 heteroatoms. The number of carbonyl (C=O) groups excluding carboxylic acids is 1. The SMILES string of the molecule is O=C(/C=C/c1ccc(-c2cc(Cl)cc(Cl)c2)o1)NC(=S)Nc1ccc(F)cc1F. The van der Waals surface area contributed by atoms with Crippen LogP contribution in [0.3, 0.4) is 0 Å². The smallest absolute Gasteiger partial charge is 0.250 e. The topological polar surface area (TPSA) is 54.3 Å². The van der Waals surface area contributed by atoms with Crippen molar-refractivity contribution in [1.82, 2.24) is 5.32 Å². The van der Waals surface area contributed by atoms with Crippen molar-refractivity contribution >= 4 is 58.2 Å². The zero-order valence-electron chi connectivity index (χ0n) is 14.5. The van der Waals surface area contributed by atoms with Crippen LogP contribution < -0.4 is 10.6 Å². The van der Waals surface area contributed by atoms with Gasteiger partial charge in [0, 0.05) is 27.8 Å². The van der Waals surface area contributed by atoms with Gasteiger partial charge in [-0.05, 0) is 60.8 Å². The molecule has 0 atom stereocenters. The average Bonchev–Trinajstić information content (AvgIpc) is 3.11. The fraction of sp³-hybridized carbons (Fsp3) is 0. The number of thiocarbonyl (C=S) groups is 1. The minimum Gasteiger partial charge on any atom is -0.457 e. The van der Waals surface area contributed by atoms with Gasteiger partial charge < -0.3 is 9.73 Å². The van der Waals surface area contributed by atoms with E-state index in [0.717, 1.165) is 6.07 Å². The van der Waals surface area contributed by atoms with Gasteiger partial charge in [0.15, 0.2) is 5.11 Å². The summed E-state index contributed by atoms with van der Waals surface area (Å²) in [4.78, 5) is 12.0. The first-order chi connectivity index (χ1) is 13.8. The van der Waals surface area contributed by atoms with E-state index in [1.807, 2.05) is 0 Å². The summed E-state index contributed by atoms with van der Waals surface area (Å²) in [5.41, 5.74) is 0.634. The van der Waals surface area contributed by atoms with Gasteiger partial charge in [-0.25, -0.2) is 8.78 Å². The Balaban J connectivity index is 1.60. The fourth-order valence-electron chi connectivity index (χ4n) is 2.35. The molecule has 4 nitrogen and oxygen atoms in total. The Labute approximate surface area is 180 Å². The van der Waals surface area contributed by atoms with Crippen molar-refractivity contribution in [1.29, 1.82) is 0 Å². The van der Waals surface area contributed by atoms with Crippen LogP contribution in [-0.4, -0.2) is 11.0 Å². The summed E-state index contributed by atoms with van der Waals surface area (Å²) >= 11 is 16.9. The van der Waals surface area contributed by atoms with Crippen molar-refractivity contribution in [3.63, 3.8) is 0 Å². The monoisotopic (exact) mass is 452 g/mol. The molecule has 2 N–H and O–H groups in total. The number of rotatable bonds is 4. The number of halogens is 4. The zero-order valence-corrected chi connectivity index (χ0v) is 16.8. The number of anilines is 1. The zero-order chi connectivity index (χ0) is 21.0. The Kier molecular flexibility index (Phi) is 6.64. The van der Waals surface area contributed by atoms with Crippen molar-refractivity contribution in [2.24, 2.45) is 0 Å². The average molecular weight is 453 g/mol. The normalized spacial score (nSPS) is 10.9. The number of hydrogen-bond donors (Lipinski definition) is 2. The molecule has 0 bridgehead atoms. The third-order valence-electron chi connectivity index (χ3n) is 3.59. The Bertz CT molecular complexity index is 1100. The molecule has 1 amide bonds. The summed E-state index contributed by atoms with van der Waals surface area (Å²) in [6, 6.07) is 11.3. The minimum absolute atomic E-state index is 0.0588. The predicted octanol–water partition coefficient (Wildman–Crippen LogP) is 6.06. The molecule has 29 heavy (non-hydrogen) atoms. The molecule has 0 spiro atoms. The van der Waals surface area contributed by atoms with Crippen LogP contribution in [0.5, 0.6) is 0 Å². The number of benzene rings is 2. The van der Waals surface area contributed by atoms with Gasteiger partial charge in [0.1, 0.15) is 23.2 Å². The molecule has 148 valence electrons. The van der Waals surface area contributed by atoms with E-state index < -0.39 is 17.5 Å². The highest BCUT2D eigenvalue weighted by molar-refractivity contribution is 7.80. The molecule has 0 saturated heterocycles. The Hall–Kier alpha value is -2.74. The molecule has 1 heterocycles. The molecule has 0 saturated carbocycles. The number of furan rings is 1. The highest BCUT2D eigenvalue weighted by Gasteiger charge is 2.08. The first-order valence-electron chi connectivity index (χ1n) is 8.11. The van der Waals surface area contributed by atoms with Gasteiger partial charge >= 0.3 is 0 Å². The van der Waals surface area contributed by atoms with E-state index in [4.69, 9.17) is 39.8 Å². The van der Waals surface area contributed by atoms with E-state index in [9.17, 15) is 13.6 Å². The molecule has 0 unspecified atom stereocenters. The van der Waals surface area contributed by atoms with Crippen LogP contribution in [0.15, 0.2) is 59.0 Å². The van der Waals surface area contributed by atoms with E-state index in [1.165, 1.54) is 18.2 Å². The molecule has 0 fully saturated rings. The van der Waals surface area contributed by atoms with Crippen molar-refractivity contribution in [3.05, 3.63) is 82.0 Å². The van der Waals surface area contributed by atoms with E-state index in [2.05, 4.69) is 10.6 Å². The van der Waals surface area contributed by atoms with E-state index >= 15 is 0 Å². The quantitative estimate of drug-likeness (QED) is 0.373. The number of hydrogen-bond acceptors (Lipinski definition) is 3. The molecule has 3 aromatic rings. The lowest BCUT2D eigenvalue weighted by atomic mass is 10.2. The van der Waals surface area contributed by atoms with Crippen LogP contribution in [0.4, 0.5) is 14.5 Å². The summed E-state index contributed by atoms with van der Waals surface area (Å²) in [7, 11) is 0. The van der Waals surface area contributed by atoms with Crippen LogP contribution in [0.2, 0.25) is 10.0 Å². The maximum Gasteiger partial charge on any atom is 0.250 e. The van der Waals surface area contributed by atoms with Crippen LogP contribution in [0, 0.1) is 11.6 Å². The molecule has 0 aliphatic heterocycles. The third-order valence-corrected chi connectivity index (χ3v) is 4.23. The second kappa shape index (κ2) is 9.17. The van der Waals surface area contributed by atoms with Crippen molar-refractivity contribution in [2.45, 2.75) is 0 Å². The number of carbonyl (C=O) groups is 1. The first-order valence-corrected chi connectivity index (χ1v) is 9.28. The van der Waals surface area contributed by atoms with Crippen LogP contribution in [0.1, 0.15) is 5.76 Å². The van der Waals surface area contributed by atoms with Crippen molar-refractivity contribution < 1.29 is 18.0 Å². The second-order valence-electron chi connectivity index (χ2n) is 5.76. The highest BCUT2D eigenvalue weighted by atomic mass is 35.5. The van der Waals surface area contributed by atoms with E-state index in [0.29, 0.717) is 33.2 Å². The first kappa shape index (κ1) is 21.0. The van der Waals surface area contributed by atoms with Crippen LogP contribution in [0.25, 0.3) is 17.4 Å². The maximum atomic E-state index is 13.6. The molecule has 3 rings (SSSR count). The lowest BCUT2D eigenvalue weighted by Gasteiger charge is -2.08. The van der Waals surface area contributed by atoms with Gasteiger partial charge in [-0.3, -0.25) is 10.1 Å². The molecule has 1 aromatic heterocycles. The van der Waals surface area contributed by atoms with Gasteiger partial charge in [-0.2, -0.15) is 0 Å². The third kappa shape index (κ3) is 5.87. The van der Waals surface area contributed by atoms with Crippen LogP contribution in [-0.2, 0) is 4.79 Å². The number of amides is 1. The van der Waals surface area contributed by atoms with Gasteiger partial charge in [-0.15, -0.1) is 0 Å². The van der Waals surface area contributed by atoms with Crippen molar-refractivity contribution in [2.75, 3.05) is 5.32 Å². The largest absolute Gasteiger partial charge is 0.457 e. The molecule has 0 aliphatic carbocycles. The number of nitrogens with one attached hydrogen (secondary N) is 2. The summed E-state index contributed by atoms with van der Waals surface area (Å²) in [5, 5.41) is 5.63. The lowest BCUT2D eigenvalue weighted by Crippen LogP contribution is -2.33. The Morgan fingerprint density at radius 1 is 1.03 bits per heavy atom. The standard InChI is InChI=1S/C20H12Cl2F2N2O2S/c21-12-7-11(8-13(22)9-12)18-5-2-15(28-18)3-6-19(27)26-20(29)25-17-4-1-14(23)10-16(17)24/h1-10H,(H2,25,26,27,29)/b6-3+. The Morgan fingerprint density at radius 2 is 1.76 bits per heavy atom. The molecular formula is C20H12Cl2F2N2O2S. The van der Waals surface area contributed by atoms with Gasteiger partial charge in [-0.1, -0.05) is 23.2 Å². The maximum absolute atomic E-state index is 13.6. The summed E-state index contributed by atoms with van der Waals surface area (Å²) < 4.78 is 32.1. The Morgan fingerprint density at radius 3 is 2.45 bits per heavy atom. The summed E-state index contributed by atoms with van der Waals surface area (Å²) in [6.07, 6.45) is 2.63. The highest BCUT2D eigenvalue weighted by Crippen LogP contribution is 2.28. The second-order valence-corrected chi connectivity index (χ2v) is 7.04. The summed E-state index contributed by atoms with van der Waals surface area (Å²) in [6.45, 7) is 0. The minimum atomic E-state index is -0.832.